The van der Waals surface area contributed by atoms with Crippen LogP contribution in [0.1, 0.15) is 57.6 Å². The number of nitrogens with one attached hydrogen (secondary N) is 1. The van der Waals surface area contributed by atoms with Crippen LogP contribution >= 0.6 is 11.6 Å². The Balaban J connectivity index is 1.49. The summed E-state index contributed by atoms with van der Waals surface area (Å²) in [5, 5.41) is 2.39. The van der Waals surface area contributed by atoms with Gasteiger partial charge in [-0.1, -0.05) is 11.6 Å². The molecule has 4 rings (SSSR count). The number of carbonyl (C=O) groups is 1. The third-order valence-corrected chi connectivity index (χ3v) is 6.26. The Labute approximate surface area is 207 Å². The number of nitrogens with zero attached hydrogens (tertiary/aromatic N) is 4. The molecule has 11 heteroatoms. The molecule has 1 aliphatic carbocycles. The summed E-state index contributed by atoms with van der Waals surface area (Å²) in [6, 6.07) is 5.92. The van der Waals surface area contributed by atoms with E-state index in [4.69, 9.17) is 16.3 Å². The number of hydrogen-bond donors (Lipinski definition) is 1. The van der Waals surface area contributed by atoms with Crippen LogP contribution in [0.15, 0.2) is 24.4 Å². The zero-order valence-electron chi connectivity index (χ0n) is 20.1. The summed E-state index contributed by atoms with van der Waals surface area (Å²) in [6.07, 6.45) is -2.15. The second-order valence-electron chi connectivity index (χ2n) is 10.0. The highest BCUT2D eigenvalue weighted by Crippen LogP contribution is 2.45. The minimum atomic E-state index is -4.61. The highest BCUT2D eigenvalue weighted by Gasteiger charge is 2.35. The van der Waals surface area contributed by atoms with Gasteiger partial charge in [0, 0.05) is 43.2 Å². The minimum absolute atomic E-state index is 0.0113. The number of rotatable bonds is 4. The van der Waals surface area contributed by atoms with Crippen LogP contribution in [0.25, 0.3) is 0 Å². The van der Waals surface area contributed by atoms with Crippen LogP contribution in [-0.2, 0) is 10.9 Å². The molecule has 35 heavy (non-hydrogen) atoms. The molecule has 1 amide bonds. The summed E-state index contributed by atoms with van der Waals surface area (Å²) in [5.41, 5.74) is 1.22. The molecule has 1 N–H and O–H groups in total. The lowest BCUT2D eigenvalue weighted by atomic mass is 10.1. The molecular weight excluding hydrogens is 483 g/mol. The van der Waals surface area contributed by atoms with Gasteiger partial charge in [-0.3, -0.25) is 0 Å². The molecule has 1 aromatic carbocycles. The van der Waals surface area contributed by atoms with Crippen LogP contribution in [-0.4, -0.2) is 52.2 Å². The molecule has 0 spiro atoms. The van der Waals surface area contributed by atoms with E-state index in [0.717, 1.165) is 29.8 Å². The number of anilines is 3. The van der Waals surface area contributed by atoms with E-state index in [2.05, 4.69) is 26.3 Å². The minimum Gasteiger partial charge on any atom is -0.444 e. The van der Waals surface area contributed by atoms with Gasteiger partial charge in [0.2, 0.25) is 5.95 Å². The molecule has 190 valence electrons. The number of benzene rings is 1. The number of piperazine rings is 1. The Morgan fingerprint density at radius 1 is 1.20 bits per heavy atom. The zero-order valence-corrected chi connectivity index (χ0v) is 20.9. The molecule has 2 aromatic rings. The van der Waals surface area contributed by atoms with Crippen molar-refractivity contribution in [2.75, 3.05) is 29.9 Å². The molecule has 1 saturated carbocycles. The number of alkyl halides is 3. The molecule has 1 aromatic heterocycles. The van der Waals surface area contributed by atoms with E-state index in [1.54, 1.807) is 4.90 Å². The van der Waals surface area contributed by atoms with Crippen molar-refractivity contribution in [3.63, 3.8) is 0 Å². The molecular formula is C24H29ClF3N5O2. The fraction of sp³-hybridized carbons (Fsp3) is 0.542. The van der Waals surface area contributed by atoms with E-state index in [9.17, 15) is 18.0 Å². The molecule has 1 aliphatic heterocycles. The number of carbonyl (C=O) groups excluding carboxylic acids is 1. The van der Waals surface area contributed by atoms with Gasteiger partial charge in [-0.2, -0.15) is 13.2 Å². The second kappa shape index (κ2) is 9.37. The number of hydrogen-bond acceptors (Lipinski definition) is 6. The summed E-state index contributed by atoms with van der Waals surface area (Å²) in [6.45, 7) is 9.43. The van der Waals surface area contributed by atoms with Crippen LogP contribution < -0.4 is 10.2 Å². The van der Waals surface area contributed by atoms with E-state index >= 15 is 0 Å². The first-order valence-electron chi connectivity index (χ1n) is 11.6. The molecule has 2 fully saturated rings. The number of ether oxygens (including phenoxy) is 1. The maximum atomic E-state index is 13.0. The summed E-state index contributed by atoms with van der Waals surface area (Å²) >= 11 is 5.75. The SMILES string of the molecule is C[C@@H]1CN(c2ccc(Nc3ncc(C(F)(F)F)c(Cl)n3)c(C3CC3)c2)CCN1C(=O)OC(C)(C)C. The summed E-state index contributed by atoms with van der Waals surface area (Å²) in [5.74, 6) is 0.375. The monoisotopic (exact) mass is 511 g/mol. The standard InChI is InChI=1S/C24H29ClF3N5O2/c1-14-13-32(9-10-33(14)22(34)35-23(2,3)4)16-7-8-19(17(11-16)15-5-6-15)30-21-29-12-18(20(25)31-21)24(26,27)28/h7-8,11-12,14-15H,5-6,9-10,13H2,1-4H3,(H,29,30,31)/t14-/m1/s1. The zero-order chi connectivity index (χ0) is 25.5. The first-order chi connectivity index (χ1) is 16.3. The predicted octanol–water partition coefficient (Wildman–Crippen LogP) is 6.22. The lowest BCUT2D eigenvalue weighted by Gasteiger charge is -2.41. The number of halogens is 4. The predicted molar refractivity (Wildman–Crippen MR) is 128 cm³/mol. The number of amides is 1. The van der Waals surface area contributed by atoms with Gasteiger partial charge in [-0.15, -0.1) is 0 Å². The Bertz CT molecular complexity index is 1100. The van der Waals surface area contributed by atoms with Crippen molar-refractivity contribution >= 4 is 35.0 Å². The third kappa shape index (κ3) is 6.09. The largest absolute Gasteiger partial charge is 0.444 e. The van der Waals surface area contributed by atoms with Gasteiger partial charge in [0.05, 0.1) is 0 Å². The van der Waals surface area contributed by atoms with Crippen LogP contribution in [0.4, 0.5) is 35.3 Å². The highest BCUT2D eigenvalue weighted by molar-refractivity contribution is 6.30. The van der Waals surface area contributed by atoms with Crippen molar-refractivity contribution in [2.45, 2.75) is 64.3 Å². The van der Waals surface area contributed by atoms with E-state index < -0.39 is 22.5 Å². The molecule has 2 heterocycles. The molecule has 2 aliphatic rings. The van der Waals surface area contributed by atoms with E-state index in [0.29, 0.717) is 31.7 Å². The highest BCUT2D eigenvalue weighted by atomic mass is 35.5. The summed E-state index contributed by atoms with van der Waals surface area (Å²) in [7, 11) is 0. The van der Waals surface area contributed by atoms with Gasteiger partial charge in [0.1, 0.15) is 16.3 Å². The first kappa shape index (κ1) is 25.3. The van der Waals surface area contributed by atoms with Crippen molar-refractivity contribution in [3.8, 4) is 0 Å². The van der Waals surface area contributed by atoms with Gasteiger partial charge >= 0.3 is 12.3 Å². The lowest BCUT2D eigenvalue weighted by Crippen LogP contribution is -2.55. The average molecular weight is 512 g/mol. The summed E-state index contributed by atoms with van der Waals surface area (Å²) < 4.78 is 44.4. The quantitative estimate of drug-likeness (QED) is 0.492. The van der Waals surface area contributed by atoms with Crippen molar-refractivity contribution in [2.24, 2.45) is 0 Å². The Hall–Kier alpha value is -2.75. The van der Waals surface area contributed by atoms with Crippen LogP contribution in [0.3, 0.4) is 0 Å². The van der Waals surface area contributed by atoms with Crippen LogP contribution in [0.5, 0.6) is 0 Å². The van der Waals surface area contributed by atoms with Crippen molar-refractivity contribution in [1.82, 2.24) is 14.9 Å². The maximum absolute atomic E-state index is 13.0. The van der Waals surface area contributed by atoms with Gasteiger partial charge in [-0.05, 0) is 70.2 Å². The topological polar surface area (TPSA) is 70.6 Å². The molecule has 1 saturated heterocycles. The molecule has 7 nitrogen and oxygen atoms in total. The van der Waals surface area contributed by atoms with Crippen LogP contribution in [0.2, 0.25) is 5.15 Å². The van der Waals surface area contributed by atoms with E-state index in [1.807, 2.05) is 39.8 Å². The number of aromatic nitrogens is 2. The van der Waals surface area contributed by atoms with Crippen molar-refractivity contribution in [3.05, 3.63) is 40.7 Å². The third-order valence-electron chi connectivity index (χ3n) is 5.97. The summed E-state index contributed by atoms with van der Waals surface area (Å²) in [4.78, 5) is 24.1. The lowest BCUT2D eigenvalue weighted by molar-refractivity contribution is -0.137. The van der Waals surface area contributed by atoms with Gasteiger partial charge in [0.15, 0.2) is 0 Å². The molecule has 0 unspecified atom stereocenters. The van der Waals surface area contributed by atoms with E-state index in [-0.39, 0.29) is 18.1 Å². The second-order valence-corrected chi connectivity index (χ2v) is 10.4. The average Bonchev–Trinajstić information content (AvgIpc) is 3.57. The van der Waals surface area contributed by atoms with Crippen molar-refractivity contribution < 1.29 is 22.7 Å². The molecule has 0 radical (unpaired) electrons. The molecule has 1 atom stereocenters. The maximum Gasteiger partial charge on any atom is 0.420 e. The Kier molecular flexibility index (Phi) is 6.78. The van der Waals surface area contributed by atoms with Gasteiger partial charge in [-0.25, -0.2) is 14.8 Å². The van der Waals surface area contributed by atoms with E-state index in [1.165, 1.54) is 0 Å². The Morgan fingerprint density at radius 2 is 1.91 bits per heavy atom. The fourth-order valence-electron chi connectivity index (χ4n) is 4.11. The van der Waals surface area contributed by atoms with Gasteiger partial charge in [0.25, 0.3) is 0 Å². The Morgan fingerprint density at radius 3 is 2.49 bits per heavy atom. The smallest absolute Gasteiger partial charge is 0.420 e. The van der Waals surface area contributed by atoms with Gasteiger partial charge < -0.3 is 19.9 Å². The fourth-order valence-corrected chi connectivity index (χ4v) is 4.34. The normalized spacial score (nSPS) is 19.0. The van der Waals surface area contributed by atoms with Crippen molar-refractivity contribution in [1.29, 1.82) is 0 Å². The molecule has 0 bridgehead atoms. The first-order valence-corrected chi connectivity index (χ1v) is 11.9. The van der Waals surface area contributed by atoms with Crippen LogP contribution in [0, 0.1) is 0 Å².